The van der Waals surface area contributed by atoms with Crippen LogP contribution < -0.4 is 0 Å². The van der Waals surface area contributed by atoms with Crippen LogP contribution in [0.1, 0.15) is 45.4 Å². The summed E-state index contributed by atoms with van der Waals surface area (Å²) in [7, 11) is -6.10. The third-order valence-electron chi connectivity index (χ3n) is 3.23. The molecule has 0 fully saturated rings. The predicted octanol–water partition coefficient (Wildman–Crippen LogP) is 5.23. The molecule has 0 atom stereocenters. The Morgan fingerprint density at radius 1 is 0.810 bits per heavy atom. The molecule has 0 amide bonds. The molecule has 0 spiro atoms. The van der Waals surface area contributed by atoms with Gasteiger partial charge in [-0.3, -0.25) is 0 Å². The maximum absolute atomic E-state index is 12.5. The van der Waals surface area contributed by atoms with Gasteiger partial charge in [0.15, 0.2) is 8.32 Å². The Balaban J connectivity index is 4.36. The van der Waals surface area contributed by atoms with Gasteiger partial charge in [0.2, 0.25) is 8.32 Å². The molecular formula is C15H36O3Si3. The second-order valence-electron chi connectivity index (χ2n) is 7.81. The second kappa shape index (κ2) is 8.76. The van der Waals surface area contributed by atoms with Crippen molar-refractivity contribution in [3.8, 4) is 0 Å². The number of rotatable bonds is 11. The minimum absolute atomic E-state index is 0.346. The fourth-order valence-corrected chi connectivity index (χ4v) is 15.2. The zero-order valence-electron chi connectivity index (χ0n) is 15.5. The van der Waals surface area contributed by atoms with Crippen molar-refractivity contribution in [3.63, 3.8) is 0 Å². The average molecular weight is 349 g/mol. The van der Waals surface area contributed by atoms with Crippen LogP contribution in [0.5, 0.6) is 0 Å². The first kappa shape index (κ1) is 21.2. The number of unbranched alkanes of at least 4 members (excludes halogenated alkanes) is 4. The molecule has 0 N–H and O–H groups in total. The molecule has 0 aromatic carbocycles. The first-order chi connectivity index (χ1) is 9.40. The van der Waals surface area contributed by atoms with Crippen LogP contribution in [-0.4, -0.2) is 30.6 Å². The summed E-state index contributed by atoms with van der Waals surface area (Å²) in [6.07, 6.45) is 6.61. The Kier molecular flexibility index (Phi) is 8.86. The van der Waals surface area contributed by atoms with Crippen molar-refractivity contribution in [1.82, 2.24) is 0 Å². The Morgan fingerprint density at radius 3 is 1.81 bits per heavy atom. The minimum atomic E-state index is -2.29. The molecule has 0 radical (unpaired) electrons. The summed E-state index contributed by atoms with van der Waals surface area (Å²) in [5, 5.41) is 0.346. The summed E-state index contributed by atoms with van der Waals surface area (Å²) in [4.78, 5) is 12.5. The van der Waals surface area contributed by atoms with Crippen LogP contribution >= 0.6 is 0 Å². The van der Waals surface area contributed by atoms with E-state index in [1.165, 1.54) is 19.3 Å². The van der Waals surface area contributed by atoms with E-state index in [2.05, 4.69) is 39.7 Å². The topological polar surface area (TPSA) is 35.5 Å². The molecule has 0 aliphatic heterocycles. The lowest BCUT2D eigenvalue weighted by atomic mass is 10.1. The minimum Gasteiger partial charge on any atom is -0.437 e. The van der Waals surface area contributed by atoms with Gasteiger partial charge >= 0.3 is 8.56 Å². The molecule has 0 saturated carbocycles. The van der Waals surface area contributed by atoms with Crippen molar-refractivity contribution >= 4 is 30.6 Å². The maximum Gasteiger partial charge on any atom is 0.311 e. The number of carbonyl (C=O) groups is 1. The molecule has 0 heterocycles. The highest BCUT2D eigenvalue weighted by atomic mass is 28.5. The molecule has 0 bridgehead atoms. The highest BCUT2D eigenvalue weighted by Crippen LogP contribution is 2.22. The Bertz CT molecular complexity index is 323. The molecule has 6 heteroatoms. The predicted molar refractivity (Wildman–Crippen MR) is 98.9 cm³/mol. The van der Waals surface area contributed by atoms with E-state index in [9.17, 15) is 4.79 Å². The van der Waals surface area contributed by atoms with Gasteiger partial charge < -0.3 is 13.0 Å². The summed E-state index contributed by atoms with van der Waals surface area (Å²) in [6, 6.07) is 0. The first-order valence-electron chi connectivity index (χ1n) is 8.33. The van der Waals surface area contributed by atoms with Crippen molar-refractivity contribution in [3.05, 3.63) is 0 Å². The van der Waals surface area contributed by atoms with E-state index in [1.54, 1.807) is 0 Å². The Morgan fingerprint density at radius 2 is 1.33 bits per heavy atom. The average Bonchev–Trinajstić information content (AvgIpc) is 2.23. The van der Waals surface area contributed by atoms with Gasteiger partial charge in [0.25, 0.3) is 0 Å². The smallest absolute Gasteiger partial charge is 0.311 e. The summed E-state index contributed by atoms with van der Waals surface area (Å²) in [5.74, 6) is 0. The van der Waals surface area contributed by atoms with Crippen LogP contribution in [-0.2, 0) is 13.0 Å². The van der Waals surface area contributed by atoms with Gasteiger partial charge in [0.05, 0.1) is 0 Å². The molecule has 0 rings (SSSR count). The third-order valence-corrected chi connectivity index (χ3v) is 13.2. The molecule has 126 valence electrons. The van der Waals surface area contributed by atoms with E-state index in [0.29, 0.717) is 11.8 Å². The van der Waals surface area contributed by atoms with Crippen LogP contribution in [0.3, 0.4) is 0 Å². The third kappa shape index (κ3) is 10.6. The largest absolute Gasteiger partial charge is 0.437 e. The van der Waals surface area contributed by atoms with Crippen molar-refractivity contribution in [2.24, 2.45) is 0 Å². The molecule has 0 unspecified atom stereocenters. The zero-order chi connectivity index (χ0) is 16.7. The molecule has 3 nitrogen and oxygen atoms in total. The molecule has 0 aliphatic carbocycles. The lowest BCUT2D eigenvalue weighted by molar-refractivity contribution is -0.113. The maximum atomic E-state index is 12.5. The van der Waals surface area contributed by atoms with Gasteiger partial charge in [-0.25, -0.2) is 0 Å². The second-order valence-corrected chi connectivity index (χ2v) is 20.0. The number of hydrogen-bond acceptors (Lipinski definition) is 3. The normalized spacial score (nSPS) is 13.5. The Hall–Kier alpha value is 0.241. The SMILES string of the molecule is CCCCCCCC(=O)[Si](C)(C)O[Si](C)(C)O[Si](C)(C)C. The summed E-state index contributed by atoms with van der Waals surface area (Å²) >= 11 is 0. The van der Waals surface area contributed by atoms with Crippen molar-refractivity contribution < 1.29 is 13.0 Å². The van der Waals surface area contributed by atoms with Gasteiger partial charge in [0, 0.05) is 6.42 Å². The first-order valence-corrected chi connectivity index (χ1v) is 17.5. The van der Waals surface area contributed by atoms with Crippen LogP contribution in [0, 0.1) is 0 Å². The molecular weight excluding hydrogens is 312 g/mol. The standard InChI is InChI=1S/C15H36O3Si3/c1-9-10-11-12-13-14-15(16)20(5,6)18-21(7,8)17-19(2,3)4/h9-14H2,1-8H3. The highest BCUT2D eigenvalue weighted by molar-refractivity contribution is 7.04. The zero-order valence-corrected chi connectivity index (χ0v) is 18.5. The van der Waals surface area contributed by atoms with Crippen LogP contribution in [0.15, 0.2) is 0 Å². The van der Waals surface area contributed by atoms with Crippen LogP contribution in [0.4, 0.5) is 0 Å². The lowest BCUT2D eigenvalue weighted by Crippen LogP contribution is -2.54. The van der Waals surface area contributed by atoms with E-state index >= 15 is 0 Å². The van der Waals surface area contributed by atoms with E-state index in [1.807, 2.05) is 13.1 Å². The summed E-state index contributed by atoms with van der Waals surface area (Å²) in [6.45, 7) is 17.0. The van der Waals surface area contributed by atoms with Gasteiger partial charge in [-0.1, -0.05) is 32.6 Å². The Labute approximate surface area is 135 Å². The van der Waals surface area contributed by atoms with Crippen molar-refractivity contribution in [2.75, 3.05) is 0 Å². The van der Waals surface area contributed by atoms with Crippen LogP contribution in [0.2, 0.25) is 45.8 Å². The van der Waals surface area contributed by atoms with Gasteiger partial charge in [0.1, 0.15) is 5.41 Å². The van der Waals surface area contributed by atoms with Crippen LogP contribution in [0.25, 0.3) is 0 Å². The van der Waals surface area contributed by atoms with E-state index in [0.717, 1.165) is 12.8 Å². The fourth-order valence-electron chi connectivity index (χ4n) is 2.62. The molecule has 0 saturated heterocycles. The number of carbonyl (C=O) groups excluding carboxylic acids is 1. The molecule has 0 aromatic rings. The lowest BCUT2D eigenvalue weighted by Gasteiger charge is -2.36. The van der Waals surface area contributed by atoms with Gasteiger partial charge in [-0.2, -0.15) is 0 Å². The quantitative estimate of drug-likeness (QED) is 0.379. The van der Waals surface area contributed by atoms with Gasteiger partial charge in [-0.05, 0) is 52.2 Å². The molecule has 0 aliphatic rings. The fraction of sp³-hybridized carbons (Fsp3) is 0.933. The van der Waals surface area contributed by atoms with E-state index in [-0.39, 0.29) is 0 Å². The highest BCUT2D eigenvalue weighted by Gasteiger charge is 2.41. The van der Waals surface area contributed by atoms with Crippen molar-refractivity contribution in [2.45, 2.75) is 91.3 Å². The summed E-state index contributed by atoms with van der Waals surface area (Å²) in [5.41, 5.74) is 0. The van der Waals surface area contributed by atoms with Crippen molar-refractivity contribution in [1.29, 1.82) is 0 Å². The van der Waals surface area contributed by atoms with E-state index < -0.39 is 25.2 Å². The molecule has 21 heavy (non-hydrogen) atoms. The van der Waals surface area contributed by atoms with Gasteiger partial charge in [-0.15, -0.1) is 0 Å². The molecule has 0 aromatic heterocycles. The summed E-state index contributed by atoms with van der Waals surface area (Å²) < 4.78 is 12.5. The number of hydrogen-bond donors (Lipinski definition) is 0. The van der Waals surface area contributed by atoms with E-state index in [4.69, 9.17) is 8.23 Å². The monoisotopic (exact) mass is 348 g/mol.